The molecule has 1 heterocycles. The second-order valence-electron chi connectivity index (χ2n) is 4.24. The number of phenols is 1. The number of aryl methyl sites for hydroxylation is 1. The molecule has 0 spiro atoms. The van der Waals surface area contributed by atoms with Crippen LogP contribution in [-0.2, 0) is 6.54 Å². The van der Waals surface area contributed by atoms with Crippen molar-refractivity contribution in [1.29, 1.82) is 0 Å². The van der Waals surface area contributed by atoms with E-state index in [-0.39, 0.29) is 11.7 Å². The van der Waals surface area contributed by atoms with Gasteiger partial charge < -0.3 is 20.7 Å². The molecule has 0 aliphatic rings. The Bertz CT molecular complexity index is 592. The highest BCUT2D eigenvalue weighted by atomic mass is 16.3. The molecule has 1 aromatic carbocycles. The Kier molecular flexibility index (Phi) is 3.82. The summed E-state index contributed by atoms with van der Waals surface area (Å²) in [5.74, 6) is -0.0916. The molecule has 6 heteroatoms. The molecule has 100 valence electrons. The molecule has 6 nitrogen and oxygen atoms in total. The predicted octanol–water partition coefficient (Wildman–Crippen LogP) is 1.11. The zero-order valence-electron chi connectivity index (χ0n) is 10.6. The number of aromatic nitrogens is 2. The van der Waals surface area contributed by atoms with Gasteiger partial charge in [-0.3, -0.25) is 4.79 Å². The lowest BCUT2D eigenvalue weighted by Gasteiger charge is -2.05. The second-order valence-corrected chi connectivity index (χ2v) is 4.24. The van der Waals surface area contributed by atoms with Crippen molar-refractivity contribution in [2.24, 2.45) is 5.73 Å². The van der Waals surface area contributed by atoms with Gasteiger partial charge in [-0.25, -0.2) is 4.98 Å². The van der Waals surface area contributed by atoms with Crippen LogP contribution in [0.4, 0.5) is 5.69 Å². The summed E-state index contributed by atoms with van der Waals surface area (Å²) in [6.45, 7) is 2.88. The van der Waals surface area contributed by atoms with Crippen LogP contribution in [0.3, 0.4) is 0 Å². The van der Waals surface area contributed by atoms with E-state index < -0.39 is 0 Å². The molecular weight excluding hydrogens is 244 g/mol. The van der Waals surface area contributed by atoms with Crippen molar-refractivity contribution in [2.75, 3.05) is 11.9 Å². The molecule has 1 amide bonds. The standard InChI is InChI=1S/C13H16N4O2/c1-9-6-10(2-3-12(9)18)16-13(19)11-7-17(5-4-14)8-15-11/h2-3,6-8,18H,4-5,14H2,1H3,(H,16,19). The lowest BCUT2D eigenvalue weighted by Crippen LogP contribution is -2.13. The Balaban J connectivity index is 2.09. The fourth-order valence-corrected chi connectivity index (χ4v) is 1.68. The summed E-state index contributed by atoms with van der Waals surface area (Å²) < 4.78 is 1.76. The molecular formula is C13H16N4O2. The molecule has 0 saturated carbocycles. The van der Waals surface area contributed by atoms with Crippen LogP contribution in [0, 0.1) is 6.92 Å². The highest BCUT2D eigenvalue weighted by molar-refractivity contribution is 6.02. The molecule has 0 saturated heterocycles. The molecule has 0 aliphatic heterocycles. The number of nitrogens with zero attached hydrogens (tertiary/aromatic N) is 2. The summed E-state index contributed by atoms with van der Waals surface area (Å²) >= 11 is 0. The number of imidazole rings is 1. The van der Waals surface area contributed by atoms with Crippen LogP contribution in [0.5, 0.6) is 5.75 Å². The van der Waals surface area contributed by atoms with Crippen LogP contribution in [0.2, 0.25) is 0 Å². The quantitative estimate of drug-likeness (QED) is 0.718. The van der Waals surface area contributed by atoms with Gasteiger partial charge >= 0.3 is 0 Å². The van der Waals surface area contributed by atoms with E-state index in [2.05, 4.69) is 10.3 Å². The van der Waals surface area contributed by atoms with E-state index in [1.54, 1.807) is 36.1 Å². The summed E-state index contributed by atoms with van der Waals surface area (Å²) in [4.78, 5) is 16.0. The number of nitrogens with two attached hydrogens (primary N) is 1. The second kappa shape index (κ2) is 5.53. The number of carbonyl (C=O) groups is 1. The maximum absolute atomic E-state index is 11.9. The van der Waals surface area contributed by atoms with Gasteiger partial charge in [-0.15, -0.1) is 0 Å². The van der Waals surface area contributed by atoms with Gasteiger partial charge in [0.2, 0.25) is 0 Å². The number of hydrogen-bond acceptors (Lipinski definition) is 4. The van der Waals surface area contributed by atoms with Crippen molar-refractivity contribution in [1.82, 2.24) is 9.55 Å². The topological polar surface area (TPSA) is 93.2 Å². The third-order valence-electron chi connectivity index (χ3n) is 2.71. The van der Waals surface area contributed by atoms with E-state index in [4.69, 9.17) is 5.73 Å². The smallest absolute Gasteiger partial charge is 0.275 e. The third-order valence-corrected chi connectivity index (χ3v) is 2.71. The SMILES string of the molecule is Cc1cc(NC(=O)c2cn(CCN)cn2)ccc1O. The number of aromatic hydroxyl groups is 1. The van der Waals surface area contributed by atoms with Crippen LogP contribution in [-0.4, -0.2) is 27.1 Å². The van der Waals surface area contributed by atoms with Gasteiger partial charge in [-0.1, -0.05) is 0 Å². The first-order valence-corrected chi connectivity index (χ1v) is 5.93. The lowest BCUT2D eigenvalue weighted by atomic mass is 10.2. The molecule has 2 aromatic rings. The molecule has 0 fully saturated rings. The Labute approximate surface area is 110 Å². The average molecular weight is 260 g/mol. The van der Waals surface area contributed by atoms with Crippen molar-refractivity contribution in [3.8, 4) is 5.75 Å². The fourth-order valence-electron chi connectivity index (χ4n) is 1.68. The predicted molar refractivity (Wildman–Crippen MR) is 72.1 cm³/mol. The van der Waals surface area contributed by atoms with E-state index in [0.29, 0.717) is 30.0 Å². The highest BCUT2D eigenvalue weighted by Crippen LogP contribution is 2.20. The number of nitrogens with one attached hydrogen (secondary N) is 1. The fraction of sp³-hybridized carbons (Fsp3) is 0.231. The van der Waals surface area contributed by atoms with E-state index in [1.807, 2.05) is 0 Å². The van der Waals surface area contributed by atoms with Gasteiger partial charge in [0.15, 0.2) is 0 Å². The summed E-state index contributed by atoms with van der Waals surface area (Å²) in [7, 11) is 0. The lowest BCUT2D eigenvalue weighted by molar-refractivity contribution is 0.102. The molecule has 4 N–H and O–H groups in total. The first kappa shape index (κ1) is 13.1. The number of benzene rings is 1. The highest BCUT2D eigenvalue weighted by Gasteiger charge is 2.10. The first-order chi connectivity index (χ1) is 9.10. The van der Waals surface area contributed by atoms with Gasteiger partial charge in [0.05, 0.1) is 6.33 Å². The summed E-state index contributed by atoms with van der Waals surface area (Å²) in [6.07, 6.45) is 3.22. The van der Waals surface area contributed by atoms with E-state index in [9.17, 15) is 9.90 Å². The number of hydrogen-bond donors (Lipinski definition) is 3. The van der Waals surface area contributed by atoms with Crippen LogP contribution in [0.25, 0.3) is 0 Å². The monoisotopic (exact) mass is 260 g/mol. The Morgan fingerprint density at radius 2 is 2.32 bits per heavy atom. The Morgan fingerprint density at radius 1 is 1.53 bits per heavy atom. The number of amides is 1. The van der Waals surface area contributed by atoms with Crippen LogP contribution < -0.4 is 11.1 Å². The molecule has 1 aromatic heterocycles. The van der Waals surface area contributed by atoms with E-state index in [0.717, 1.165) is 0 Å². The molecule has 0 aliphatic carbocycles. The summed E-state index contributed by atoms with van der Waals surface area (Å²) in [5, 5.41) is 12.1. The minimum absolute atomic E-state index is 0.199. The van der Waals surface area contributed by atoms with Crippen LogP contribution in [0.1, 0.15) is 16.1 Å². The molecule has 19 heavy (non-hydrogen) atoms. The average Bonchev–Trinajstić information content (AvgIpc) is 2.83. The van der Waals surface area contributed by atoms with Gasteiger partial charge in [-0.05, 0) is 30.7 Å². The maximum Gasteiger partial charge on any atom is 0.275 e. The first-order valence-electron chi connectivity index (χ1n) is 5.93. The van der Waals surface area contributed by atoms with Crippen LogP contribution in [0.15, 0.2) is 30.7 Å². The molecule has 2 rings (SSSR count). The molecule has 0 radical (unpaired) electrons. The maximum atomic E-state index is 11.9. The summed E-state index contributed by atoms with van der Waals surface area (Å²) in [5.41, 5.74) is 7.08. The third kappa shape index (κ3) is 3.11. The molecule has 0 bridgehead atoms. The molecule has 0 atom stereocenters. The molecule has 0 unspecified atom stereocenters. The Morgan fingerprint density at radius 3 is 3.00 bits per heavy atom. The zero-order valence-corrected chi connectivity index (χ0v) is 10.6. The van der Waals surface area contributed by atoms with E-state index >= 15 is 0 Å². The van der Waals surface area contributed by atoms with Gasteiger partial charge in [0, 0.05) is 25.0 Å². The zero-order chi connectivity index (χ0) is 13.8. The number of phenolic OH excluding ortho intramolecular Hbond substituents is 1. The largest absolute Gasteiger partial charge is 0.508 e. The van der Waals surface area contributed by atoms with E-state index in [1.165, 1.54) is 6.07 Å². The van der Waals surface area contributed by atoms with Crippen molar-refractivity contribution < 1.29 is 9.90 Å². The van der Waals surface area contributed by atoms with Gasteiger partial charge in [0.25, 0.3) is 5.91 Å². The minimum Gasteiger partial charge on any atom is -0.508 e. The van der Waals surface area contributed by atoms with Crippen molar-refractivity contribution in [3.05, 3.63) is 42.0 Å². The van der Waals surface area contributed by atoms with Crippen molar-refractivity contribution >= 4 is 11.6 Å². The van der Waals surface area contributed by atoms with Crippen LogP contribution >= 0.6 is 0 Å². The number of carbonyl (C=O) groups excluding carboxylic acids is 1. The number of anilines is 1. The van der Waals surface area contributed by atoms with Crippen molar-refractivity contribution in [2.45, 2.75) is 13.5 Å². The van der Waals surface area contributed by atoms with Gasteiger partial charge in [-0.2, -0.15) is 0 Å². The summed E-state index contributed by atoms with van der Waals surface area (Å²) in [6, 6.07) is 4.87. The van der Waals surface area contributed by atoms with Gasteiger partial charge in [0.1, 0.15) is 11.4 Å². The number of rotatable bonds is 4. The normalized spacial score (nSPS) is 10.4. The Hall–Kier alpha value is -2.34. The minimum atomic E-state index is -0.291. The van der Waals surface area contributed by atoms with Crippen molar-refractivity contribution in [3.63, 3.8) is 0 Å².